The molecule has 1 aliphatic rings. The van der Waals surface area contributed by atoms with E-state index in [0.717, 1.165) is 6.42 Å². The van der Waals surface area contributed by atoms with E-state index in [1.165, 1.54) is 0 Å². The zero-order valence-electron chi connectivity index (χ0n) is 8.65. The zero-order chi connectivity index (χ0) is 9.84. The van der Waals surface area contributed by atoms with E-state index in [2.05, 4.69) is 27.7 Å². The Morgan fingerprint density at radius 1 is 0.923 bits per heavy atom. The van der Waals surface area contributed by atoms with Crippen molar-refractivity contribution in [3.05, 3.63) is 0 Å². The van der Waals surface area contributed by atoms with Crippen LogP contribution in [-0.2, 0) is 9.47 Å². The molecule has 2 nitrogen and oxygen atoms in total. The molecule has 0 aliphatic carbocycles. The van der Waals surface area contributed by atoms with Crippen molar-refractivity contribution in [1.29, 1.82) is 0 Å². The number of hydrogen-bond acceptors (Lipinski definition) is 4. The molecule has 0 bridgehead atoms. The number of hydrogen-bond donors (Lipinski definition) is 0. The van der Waals surface area contributed by atoms with Crippen LogP contribution in [0.4, 0.5) is 0 Å². The second-order valence-electron chi connectivity index (χ2n) is 3.66. The Morgan fingerprint density at radius 3 is 1.62 bits per heavy atom. The molecule has 2 unspecified atom stereocenters. The first-order valence-corrected chi connectivity index (χ1v) is 6.98. The molecule has 0 saturated carbocycles. The molecule has 0 amide bonds. The SMILES string of the molecule is CC(C)OC1CC(OC(C)C)SS1. The molecular weight excluding hydrogens is 204 g/mol. The van der Waals surface area contributed by atoms with Gasteiger partial charge in [-0.05, 0) is 27.7 Å². The van der Waals surface area contributed by atoms with Crippen LogP contribution in [-0.4, -0.2) is 23.1 Å². The smallest absolute Gasteiger partial charge is 0.116 e. The van der Waals surface area contributed by atoms with Gasteiger partial charge in [-0.3, -0.25) is 0 Å². The lowest BCUT2D eigenvalue weighted by molar-refractivity contribution is 0.0106. The van der Waals surface area contributed by atoms with E-state index in [4.69, 9.17) is 9.47 Å². The zero-order valence-corrected chi connectivity index (χ0v) is 10.3. The largest absolute Gasteiger partial charge is 0.364 e. The molecule has 78 valence electrons. The van der Waals surface area contributed by atoms with Crippen molar-refractivity contribution in [2.24, 2.45) is 0 Å². The average Bonchev–Trinajstić information content (AvgIpc) is 2.33. The van der Waals surface area contributed by atoms with Crippen LogP contribution in [0.2, 0.25) is 0 Å². The van der Waals surface area contributed by atoms with Crippen molar-refractivity contribution in [3.8, 4) is 0 Å². The van der Waals surface area contributed by atoms with Crippen LogP contribution in [0.25, 0.3) is 0 Å². The summed E-state index contributed by atoms with van der Waals surface area (Å²) in [5, 5.41) is 0. The van der Waals surface area contributed by atoms with Gasteiger partial charge in [-0.1, -0.05) is 21.6 Å². The molecule has 1 aliphatic heterocycles. The molecule has 4 heteroatoms. The highest BCUT2D eigenvalue weighted by molar-refractivity contribution is 8.77. The third-order valence-electron chi connectivity index (χ3n) is 1.50. The van der Waals surface area contributed by atoms with Crippen molar-refractivity contribution in [2.75, 3.05) is 0 Å². The molecule has 0 aromatic rings. The molecule has 1 saturated heterocycles. The topological polar surface area (TPSA) is 18.5 Å². The maximum atomic E-state index is 5.69. The second-order valence-corrected chi connectivity index (χ2v) is 6.25. The Hall–Kier alpha value is 0.620. The van der Waals surface area contributed by atoms with Gasteiger partial charge in [0.25, 0.3) is 0 Å². The van der Waals surface area contributed by atoms with Gasteiger partial charge in [0.1, 0.15) is 10.9 Å². The second kappa shape index (κ2) is 5.49. The summed E-state index contributed by atoms with van der Waals surface area (Å²) in [6.45, 7) is 8.29. The summed E-state index contributed by atoms with van der Waals surface area (Å²) >= 11 is 0. The molecule has 0 aromatic heterocycles. The fourth-order valence-electron chi connectivity index (χ4n) is 1.12. The minimum atomic E-state index is 0.314. The lowest BCUT2D eigenvalue weighted by Crippen LogP contribution is -2.17. The fourth-order valence-corrected chi connectivity index (χ4v) is 4.02. The summed E-state index contributed by atoms with van der Waals surface area (Å²) in [6, 6.07) is 0. The maximum absolute atomic E-state index is 5.69. The quantitative estimate of drug-likeness (QED) is 0.679. The van der Waals surface area contributed by atoms with E-state index in [9.17, 15) is 0 Å². The number of rotatable bonds is 4. The summed E-state index contributed by atoms with van der Waals surface area (Å²) in [5.74, 6) is 0. The Kier molecular flexibility index (Phi) is 4.94. The van der Waals surface area contributed by atoms with E-state index < -0.39 is 0 Å². The van der Waals surface area contributed by atoms with Crippen molar-refractivity contribution < 1.29 is 9.47 Å². The number of ether oxygens (including phenoxy) is 2. The molecular formula is C9H18O2S2. The van der Waals surface area contributed by atoms with E-state index in [-0.39, 0.29) is 0 Å². The van der Waals surface area contributed by atoms with Gasteiger partial charge >= 0.3 is 0 Å². The summed E-state index contributed by atoms with van der Waals surface area (Å²) in [6.07, 6.45) is 1.64. The van der Waals surface area contributed by atoms with Gasteiger partial charge in [-0.25, -0.2) is 0 Å². The molecule has 1 rings (SSSR count). The van der Waals surface area contributed by atoms with E-state index in [1.807, 2.05) is 0 Å². The highest BCUT2D eigenvalue weighted by Crippen LogP contribution is 2.45. The Bertz CT molecular complexity index is 135. The van der Waals surface area contributed by atoms with E-state index in [1.54, 1.807) is 21.6 Å². The van der Waals surface area contributed by atoms with E-state index >= 15 is 0 Å². The molecule has 13 heavy (non-hydrogen) atoms. The first kappa shape index (κ1) is 11.7. The van der Waals surface area contributed by atoms with Crippen molar-refractivity contribution >= 4 is 21.6 Å². The van der Waals surface area contributed by atoms with Crippen LogP contribution in [0.5, 0.6) is 0 Å². The van der Waals surface area contributed by atoms with Gasteiger partial charge in [-0.2, -0.15) is 0 Å². The molecule has 0 spiro atoms. The molecule has 2 atom stereocenters. The fraction of sp³-hybridized carbons (Fsp3) is 1.00. The lowest BCUT2D eigenvalue weighted by Gasteiger charge is -2.15. The van der Waals surface area contributed by atoms with Crippen LogP contribution in [0.15, 0.2) is 0 Å². The van der Waals surface area contributed by atoms with Crippen LogP contribution in [0.1, 0.15) is 34.1 Å². The van der Waals surface area contributed by atoms with Crippen molar-refractivity contribution in [1.82, 2.24) is 0 Å². The summed E-state index contributed by atoms with van der Waals surface area (Å²) in [7, 11) is 3.58. The van der Waals surface area contributed by atoms with Crippen LogP contribution >= 0.6 is 21.6 Å². The van der Waals surface area contributed by atoms with Crippen LogP contribution in [0.3, 0.4) is 0 Å². The summed E-state index contributed by atoms with van der Waals surface area (Å²) < 4.78 is 11.4. The lowest BCUT2D eigenvalue weighted by atomic mass is 10.4. The third kappa shape index (κ3) is 4.58. The normalized spacial score (nSPS) is 29.1. The minimum Gasteiger partial charge on any atom is -0.364 e. The molecule has 1 fully saturated rings. The van der Waals surface area contributed by atoms with Crippen LogP contribution in [0, 0.1) is 0 Å². The summed E-state index contributed by atoms with van der Waals surface area (Å²) in [5.41, 5.74) is 0.627. The van der Waals surface area contributed by atoms with Crippen molar-refractivity contribution in [3.63, 3.8) is 0 Å². The van der Waals surface area contributed by atoms with Crippen LogP contribution < -0.4 is 0 Å². The Balaban J connectivity index is 2.20. The van der Waals surface area contributed by atoms with Gasteiger partial charge in [-0.15, -0.1) is 0 Å². The summed E-state index contributed by atoms with van der Waals surface area (Å²) in [4.78, 5) is 0. The molecule has 0 radical (unpaired) electrons. The van der Waals surface area contributed by atoms with Gasteiger partial charge in [0, 0.05) is 6.42 Å². The third-order valence-corrected chi connectivity index (χ3v) is 4.27. The Labute approximate surface area is 88.5 Å². The van der Waals surface area contributed by atoms with Crippen molar-refractivity contribution in [2.45, 2.75) is 57.2 Å². The maximum Gasteiger partial charge on any atom is 0.116 e. The molecule has 0 aromatic carbocycles. The van der Waals surface area contributed by atoms with Gasteiger partial charge < -0.3 is 9.47 Å². The highest BCUT2D eigenvalue weighted by Gasteiger charge is 2.28. The monoisotopic (exact) mass is 222 g/mol. The van der Waals surface area contributed by atoms with Gasteiger partial charge in [0.15, 0.2) is 0 Å². The standard InChI is InChI=1S/C9H18O2S2/c1-6(2)10-8-5-9(13-12-8)11-7(3)4/h6-9H,5H2,1-4H3. The van der Waals surface area contributed by atoms with Gasteiger partial charge in [0.2, 0.25) is 0 Å². The Morgan fingerprint density at radius 2 is 1.31 bits per heavy atom. The predicted octanol–water partition coefficient (Wildman–Crippen LogP) is 3.27. The average molecular weight is 222 g/mol. The van der Waals surface area contributed by atoms with Gasteiger partial charge in [0.05, 0.1) is 12.2 Å². The first-order valence-electron chi connectivity index (χ1n) is 4.71. The molecule has 0 N–H and O–H groups in total. The minimum absolute atomic E-state index is 0.314. The first-order chi connectivity index (χ1) is 6.08. The predicted molar refractivity (Wildman–Crippen MR) is 59.8 cm³/mol. The molecule has 1 heterocycles. The van der Waals surface area contributed by atoms with E-state index in [0.29, 0.717) is 23.1 Å². The highest BCUT2D eigenvalue weighted by atomic mass is 33.1.